The molecule has 0 unspecified atom stereocenters. The van der Waals surface area contributed by atoms with Gasteiger partial charge in [0.25, 0.3) is 0 Å². The van der Waals surface area contributed by atoms with Crippen LogP contribution in [0.3, 0.4) is 0 Å². The van der Waals surface area contributed by atoms with E-state index in [-0.39, 0.29) is 18.4 Å². The van der Waals surface area contributed by atoms with Crippen LogP contribution in [0.2, 0.25) is 0 Å². The molecule has 4 rings (SSSR count). The number of fused-ring (bicyclic) bond motifs is 1. The summed E-state index contributed by atoms with van der Waals surface area (Å²) in [6.45, 7) is 2.14. The highest BCUT2D eigenvalue weighted by Gasteiger charge is 2.36. The Morgan fingerprint density at radius 1 is 1.03 bits per heavy atom. The average molecular weight is 420 g/mol. The van der Waals surface area contributed by atoms with Crippen molar-refractivity contribution in [1.82, 2.24) is 10.3 Å². The Hall–Kier alpha value is -3.28. The van der Waals surface area contributed by atoms with Crippen LogP contribution in [0.1, 0.15) is 45.4 Å². The van der Waals surface area contributed by atoms with E-state index in [1.807, 2.05) is 42.5 Å². The lowest BCUT2D eigenvalue weighted by Crippen LogP contribution is -2.52. The predicted molar refractivity (Wildman–Crippen MR) is 123 cm³/mol. The van der Waals surface area contributed by atoms with Crippen molar-refractivity contribution in [2.75, 3.05) is 11.9 Å². The second kappa shape index (κ2) is 9.25. The minimum absolute atomic E-state index is 0.206. The summed E-state index contributed by atoms with van der Waals surface area (Å²) in [5.74, 6) is -0.261. The Labute approximate surface area is 182 Å². The highest BCUT2D eigenvalue weighted by atomic mass is 16.5. The molecule has 6 nitrogen and oxygen atoms in total. The normalized spacial score (nSPS) is 15.4. The number of aromatic amines is 1. The smallest absolute Gasteiger partial charge is 0.319 e. The second-order valence-electron chi connectivity index (χ2n) is 8.22. The Balaban J connectivity index is 1.53. The van der Waals surface area contributed by atoms with Crippen LogP contribution in [-0.4, -0.2) is 29.1 Å². The number of anilines is 1. The van der Waals surface area contributed by atoms with Crippen LogP contribution in [0, 0.1) is 0 Å². The summed E-state index contributed by atoms with van der Waals surface area (Å²) < 4.78 is 5.16. The first-order valence-corrected chi connectivity index (χ1v) is 11.0. The maximum atomic E-state index is 13.0. The number of para-hydroxylation sites is 2. The van der Waals surface area contributed by atoms with Crippen molar-refractivity contribution in [1.29, 1.82) is 0 Å². The first-order valence-electron chi connectivity index (χ1n) is 11.0. The molecule has 1 aliphatic carbocycles. The number of urea groups is 1. The van der Waals surface area contributed by atoms with Crippen molar-refractivity contribution in [2.24, 2.45) is 0 Å². The SMILES string of the molecule is CCOC(=O)CC1(NC(=O)Nc2ccccc2-c2cc3ccccc3[nH]2)CCCCC1. The van der Waals surface area contributed by atoms with Gasteiger partial charge in [0.15, 0.2) is 0 Å². The summed E-state index contributed by atoms with van der Waals surface area (Å²) in [7, 11) is 0. The number of hydrogen-bond acceptors (Lipinski definition) is 3. The Morgan fingerprint density at radius 3 is 2.55 bits per heavy atom. The zero-order chi connectivity index (χ0) is 21.7. The van der Waals surface area contributed by atoms with Crippen LogP contribution in [0.4, 0.5) is 10.5 Å². The van der Waals surface area contributed by atoms with E-state index in [0.717, 1.165) is 54.3 Å². The highest BCUT2D eigenvalue weighted by molar-refractivity contribution is 5.96. The van der Waals surface area contributed by atoms with Crippen LogP contribution in [-0.2, 0) is 9.53 Å². The quantitative estimate of drug-likeness (QED) is 0.454. The first kappa shape index (κ1) is 21.0. The molecule has 3 aromatic rings. The number of ether oxygens (including phenoxy) is 1. The Bertz CT molecular complexity index is 1030. The minimum atomic E-state index is -0.551. The van der Waals surface area contributed by atoms with Crippen LogP contribution in [0.25, 0.3) is 22.2 Å². The molecule has 162 valence electrons. The Kier molecular flexibility index (Phi) is 6.26. The van der Waals surface area contributed by atoms with E-state index in [0.29, 0.717) is 12.3 Å². The molecule has 1 aliphatic rings. The second-order valence-corrected chi connectivity index (χ2v) is 8.22. The topological polar surface area (TPSA) is 83.2 Å². The summed E-state index contributed by atoms with van der Waals surface area (Å²) in [6, 6.07) is 17.6. The molecular formula is C25H29N3O3. The monoisotopic (exact) mass is 419 g/mol. The van der Waals surface area contributed by atoms with E-state index in [4.69, 9.17) is 4.74 Å². The molecule has 1 saturated carbocycles. The number of esters is 1. The van der Waals surface area contributed by atoms with Crippen molar-refractivity contribution in [2.45, 2.75) is 51.0 Å². The molecular weight excluding hydrogens is 390 g/mol. The van der Waals surface area contributed by atoms with Crippen molar-refractivity contribution >= 4 is 28.6 Å². The number of carbonyl (C=O) groups is 2. The van der Waals surface area contributed by atoms with E-state index in [1.54, 1.807) is 6.92 Å². The van der Waals surface area contributed by atoms with Crippen LogP contribution < -0.4 is 10.6 Å². The van der Waals surface area contributed by atoms with E-state index < -0.39 is 5.54 Å². The predicted octanol–water partition coefficient (Wildman–Crippen LogP) is 5.61. The van der Waals surface area contributed by atoms with Gasteiger partial charge in [-0.3, -0.25) is 4.79 Å². The largest absolute Gasteiger partial charge is 0.466 e. The van der Waals surface area contributed by atoms with Crippen molar-refractivity contribution < 1.29 is 14.3 Å². The summed E-state index contributed by atoms with van der Waals surface area (Å²) in [6.07, 6.45) is 4.87. The minimum Gasteiger partial charge on any atom is -0.466 e. The van der Waals surface area contributed by atoms with Gasteiger partial charge in [0.2, 0.25) is 0 Å². The summed E-state index contributed by atoms with van der Waals surface area (Å²) >= 11 is 0. The van der Waals surface area contributed by atoms with Crippen LogP contribution in [0.15, 0.2) is 54.6 Å². The molecule has 0 bridgehead atoms. The number of nitrogens with one attached hydrogen (secondary N) is 3. The fourth-order valence-electron chi connectivity index (χ4n) is 4.50. The maximum Gasteiger partial charge on any atom is 0.319 e. The standard InChI is InChI=1S/C25H29N3O3/c1-2-31-23(29)17-25(14-8-3-9-15-25)28-24(30)27-21-13-7-5-11-19(21)22-16-18-10-4-6-12-20(18)26-22/h4-7,10-13,16,26H,2-3,8-9,14-15,17H2,1H3,(H2,27,28,30). The van der Waals surface area contributed by atoms with E-state index in [9.17, 15) is 9.59 Å². The number of H-pyrrole nitrogens is 1. The van der Waals surface area contributed by atoms with Crippen molar-refractivity contribution in [3.8, 4) is 11.3 Å². The van der Waals surface area contributed by atoms with Crippen molar-refractivity contribution in [3.63, 3.8) is 0 Å². The molecule has 6 heteroatoms. The lowest BCUT2D eigenvalue weighted by Gasteiger charge is -2.37. The number of benzene rings is 2. The van der Waals surface area contributed by atoms with Gasteiger partial charge in [-0.2, -0.15) is 0 Å². The summed E-state index contributed by atoms with van der Waals surface area (Å²) in [5.41, 5.74) is 3.07. The highest BCUT2D eigenvalue weighted by Crippen LogP contribution is 2.33. The van der Waals surface area contributed by atoms with E-state index >= 15 is 0 Å². The van der Waals surface area contributed by atoms with Gasteiger partial charge >= 0.3 is 12.0 Å². The summed E-state index contributed by atoms with van der Waals surface area (Å²) in [5, 5.41) is 7.24. The Morgan fingerprint density at radius 2 is 1.77 bits per heavy atom. The van der Waals surface area contributed by atoms with Gasteiger partial charge in [-0.1, -0.05) is 55.7 Å². The molecule has 2 aromatic carbocycles. The van der Waals surface area contributed by atoms with Gasteiger partial charge in [0.1, 0.15) is 0 Å². The lowest BCUT2D eigenvalue weighted by atomic mass is 9.79. The van der Waals surface area contributed by atoms with E-state index in [2.05, 4.69) is 27.8 Å². The number of hydrogen-bond donors (Lipinski definition) is 3. The fourth-order valence-corrected chi connectivity index (χ4v) is 4.50. The maximum absolute atomic E-state index is 13.0. The van der Waals surface area contributed by atoms with Crippen LogP contribution >= 0.6 is 0 Å². The van der Waals surface area contributed by atoms with Gasteiger partial charge in [-0.25, -0.2) is 4.79 Å². The number of aromatic nitrogens is 1. The number of rotatable bonds is 6. The molecule has 0 radical (unpaired) electrons. The molecule has 2 amide bonds. The molecule has 1 fully saturated rings. The third-order valence-electron chi connectivity index (χ3n) is 5.97. The molecule has 1 heterocycles. The zero-order valence-corrected chi connectivity index (χ0v) is 17.9. The van der Waals surface area contributed by atoms with Gasteiger partial charge in [0, 0.05) is 22.2 Å². The number of carbonyl (C=O) groups excluding carboxylic acids is 2. The molecule has 3 N–H and O–H groups in total. The van der Waals surface area contributed by atoms with Gasteiger partial charge in [-0.15, -0.1) is 0 Å². The van der Waals surface area contributed by atoms with Gasteiger partial charge in [0.05, 0.1) is 24.3 Å². The molecule has 1 aromatic heterocycles. The molecule has 0 aliphatic heterocycles. The zero-order valence-electron chi connectivity index (χ0n) is 17.9. The van der Waals surface area contributed by atoms with Crippen molar-refractivity contribution in [3.05, 3.63) is 54.6 Å². The average Bonchev–Trinajstić information content (AvgIpc) is 3.18. The first-order chi connectivity index (χ1) is 15.1. The van der Waals surface area contributed by atoms with Gasteiger partial charge < -0.3 is 20.4 Å². The molecule has 0 saturated heterocycles. The van der Waals surface area contributed by atoms with E-state index in [1.165, 1.54) is 0 Å². The van der Waals surface area contributed by atoms with Crippen LogP contribution in [0.5, 0.6) is 0 Å². The fraction of sp³-hybridized carbons (Fsp3) is 0.360. The molecule has 31 heavy (non-hydrogen) atoms. The lowest BCUT2D eigenvalue weighted by molar-refractivity contribution is -0.145. The summed E-state index contributed by atoms with van der Waals surface area (Å²) in [4.78, 5) is 28.6. The molecule has 0 atom stereocenters. The van der Waals surface area contributed by atoms with Gasteiger partial charge in [-0.05, 0) is 38.0 Å². The number of amides is 2. The third kappa shape index (κ3) is 4.90. The third-order valence-corrected chi connectivity index (χ3v) is 5.97. The molecule has 0 spiro atoms.